The van der Waals surface area contributed by atoms with Crippen LogP contribution in [0.4, 0.5) is 5.69 Å². The molecular weight excluding hydrogens is 262 g/mol. The van der Waals surface area contributed by atoms with E-state index >= 15 is 0 Å². The molecule has 0 unspecified atom stereocenters. The van der Waals surface area contributed by atoms with E-state index in [9.17, 15) is 0 Å². The quantitative estimate of drug-likeness (QED) is 0.842. The van der Waals surface area contributed by atoms with Crippen molar-refractivity contribution in [1.82, 2.24) is 0 Å². The van der Waals surface area contributed by atoms with E-state index in [2.05, 4.69) is 18.6 Å². The molecule has 0 saturated carbocycles. The van der Waals surface area contributed by atoms with E-state index in [1.54, 1.807) is 7.11 Å². The van der Waals surface area contributed by atoms with Crippen LogP contribution in [0.15, 0.2) is 53.5 Å². The van der Waals surface area contributed by atoms with E-state index in [-0.39, 0.29) is 6.61 Å². The third-order valence-electron chi connectivity index (χ3n) is 2.56. The smallest absolute Gasteiger partial charge is 0.118 e. The number of aryl methyl sites for hydroxylation is 1. The van der Waals surface area contributed by atoms with Crippen LogP contribution in [0.1, 0.15) is 25.0 Å². The number of methoxy groups -OCH3 is 1. The Morgan fingerprint density at radius 3 is 1.90 bits per heavy atom. The molecule has 0 atom stereocenters. The van der Waals surface area contributed by atoms with Gasteiger partial charge in [-0.25, -0.2) is 0 Å². The molecule has 0 aliphatic carbocycles. The Balaban J connectivity index is 0.000000342. The van der Waals surface area contributed by atoms with Gasteiger partial charge in [0.05, 0.1) is 19.4 Å². The van der Waals surface area contributed by atoms with Crippen molar-refractivity contribution in [1.29, 1.82) is 0 Å². The zero-order chi connectivity index (χ0) is 16.1. The number of rotatable bonds is 3. The van der Waals surface area contributed by atoms with Crippen molar-refractivity contribution in [2.45, 2.75) is 27.4 Å². The molecular formula is C18H25NO2. The van der Waals surface area contributed by atoms with Crippen LogP contribution in [0.5, 0.6) is 5.75 Å². The van der Waals surface area contributed by atoms with Gasteiger partial charge >= 0.3 is 0 Å². The Morgan fingerprint density at radius 1 is 1.00 bits per heavy atom. The minimum absolute atomic E-state index is 0.0808. The van der Waals surface area contributed by atoms with Crippen molar-refractivity contribution in [3.63, 3.8) is 0 Å². The molecule has 2 rings (SSSR count). The van der Waals surface area contributed by atoms with E-state index < -0.39 is 0 Å². The standard InChI is InChI=1S/C8H9NO.C8H10O.C2H6/c1-9-8-4-2-7(6-10)3-5-8;1-7-3-5-8(9-2)6-4-7;1-2/h2-5,10H,1,6H2;3-6H,1-2H3;1-2H3. The van der Waals surface area contributed by atoms with Crippen LogP contribution in [-0.4, -0.2) is 18.9 Å². The van der Waals surface area contributed by atoms with Crippen molar-refractivity contribution < 1.29 is 9.84 Å². The number of benzene rings is 2. The molecule has 1 N–H and O–H groups in total. The van der Waals surface area contributed by atoms with Gasteiger partial charge in [-0.15, -0.1) is 0 Å². The molecule has 0 fully saturated rings. The van der Waals surface area contributed by atoms with Gasteiger partial charge in [0.25, 0.3) is 0 Å². The van der Waals surface area contributed by atoms with Crippen LogP contribution in [0.25, 0.3) is 0 Å². The lowest BCUT2D eigenvalue weighted by atomic mass is 10.2. The van der Waals surface area contributed by atoms with Crippen molar-refractivity contribution in [2.24, 2.45) is 4.99 Å². The summed E-state index contributed by atoms with van der Waals surface area (Å²) in [5, 5.41) is 8.65. The Labute approximate surface area is 127 Å². The topological polar surface area (TPSA) is 41.8 Å². The SMILES string of the molecule is C=Nc1ccc(CO)cc1.CC.COc1ccc(C)cc1. The number of aliphatic hydroxyl groups is 1. The minimum atomic E-state index is 0.0808. The largest absolute Gasteiger partial charge is 0.497 e. The first-order valence-corrected chi connectivity index (χ1v) is 6.96. The van der Waals surface area contributed by atoms with Crippen LogP contribution in [0, 0.1) is 6.92 Å². The van der Waals surface area contributed by atoms with Crippen molar-refractivity contribution in [2.75, 3.05) is 7.11 Å². The molecule has 3 heteroatoms. The Morgan fingerprint density at radius 2 is 1.52 bits per heavy atom. The highest BCUT2D eigenvalue weighted by atomic mass is 16.5. The van der Waals surface area contributed by atoms with Gasteiger partial charge in [-0.3, -0.25) is 4.99 Å². The molecule has 0 aliphatic heterocycles. The van der Waals surface area contributed by atoms with Gasteiger partial charge in [-0.05, 0) is 43.5 Å². The number of aliphatic hydroxyl groups excluding tert-OH is 1. The normalized spacial score (nSPS) is 8.62. The van der Waals surface area contributed by atoms with E-state index in [4.69, 9.17) is 9.84 Å². The molecule has 0 heterocycles. The van der Waals surface area contributed by atoms with Crippen molar-refractivity contribution in [3.8, 4) is 5.75 Å². The maximum Gasteiger partial charge on any atom is 0.118 e. The molecule has 0 aliphatic rings. The molecule has 0 saturated heterocycles. The first-order valence-electron chi connectivity index (χ1n) is 6.96. The van der Waals surface area contributed by atoms with Crippen LogP contribution < -0.4 is 4.74 Å². The maximum atomic E-state index is 8.65. The average molecular weight is 287 g/mol. The van der Waals surface area contributed by atoms with Crippen LogP contribution in [-0.2, 0) is 6.61 Å². The second kappa shape index (κ2) is 11.7. The highest BCUT2D eigenvalue weighted by molar-refractivity contribution is 5.45. The lowest BCUT2D eigenvalue weighted by Crippen LogP contribution is -1.80. The van der Waals surface area contributed by atoms with Gasteiger partial charge < -0.3 is 9.84 Å². The summed E-state index contributed by atoms with van der Waals surface area (Å²) in [4.78, 5) is 3.71. The molecule has 114 valence electrons. The summed E-state index contributed by atoms with van der Waals surface area (Å²) in [5.41, 5.74) is 2.99. The molecule has 2 aromatic carbocycles. The number of aliphatic imine (C=N–C) groups is 1. The van der Waals surface area contributed by atoms with E-state index in [0.717, 1.165) is 17.0 Å². The molecule has 0 spiro atoms. The second-order valence-electron chi connectivity index (χ2n) is 4.00. The number of hydrogen-bond acceptors (Lipinski definition) is 3. The molecule has 3 nitrogen and oxygen atoms in total. The molecule has 0 aromatic heterocycles. The summed E-state index contributed by atoms with van der Waals surface area (Å²) in [6.07, 6.45) is 0. The fourth-order valence-corrected chi connectivity index (χ4v) is 1.38. The zero-order valence-electron chi connectivity index (χ0n) is 13.3. The highest BCUT2D eigenvalue weighted by Gasteiger charge is 1.88. The van der Waals surface area contributed by atoms with E-state index in [0.29, 0.717) is 0 Å². The number of ether oxygens (including phenoxy) is 1. The zero-order valence-corrected chi connectivity index (χ0v) is 13.3. The molecule has 0 radical (unpaired) electrons. The first-order chi connectivity index (χ1) is 10.2. The Bertz CT molecular complexity index is 490. The second-order valence-corrected chi connectivity index (χ2v) is 4.00. The van der Waals surface area contributed by atoms with Gasteiger partial charge in [0.2, 0.25) is 0 Å². The third-order valence-corrected chi connectivity index (χ3v) is 2.56. The minimum Gasteiger partial charge on any atom is -0.497 e. The van der Waals surface area contributed by atoms with Gasteiger partial charge in [0, 0.05) is 0 Å². The average Bonchev–Trinajstić information content (AvgIpc) is 2.58. The van der Waals surface area contributed by atoms with Gasteiger partial charge in [0.15, 0.2) is 0 Å². The summed E-state index contributed by atoms with van der Waals surface area (Å²) >= 11 is 0. The fourth-order valence-electron chi connectivity index (χ4n) is 1.38. The molecule has 2 aromatic rings. The first kappa shape index (κ1) is 18.9. The van der Waals surface area contributed by atoms with Crippen LogP contribution >= 0.6 is 0 Å². The summed E-state index contributed by atoms with van der Waals surface area (Å²) in [6.45, 7) is 9.51. The van der Waals surface area contributed by atoms with Crippen LogP contribution in [0.3, 0.4) is 0 Å². The number of nitrogens with zero attached hydrogens (tertiary/aromatic N) is 1. The van der Waals surface area contributed by atoms with Crippen molar-refractivity contribution in [3.05, 3.63) is 59.7 Å². The van der Waals surface area contributed by atoms with E-state index in [1.165, 1.54) is 5.56 Å². The predicted octanol–water partition coefficient (Wildman–Crippen LogP) is 4.54. The maximum absolute atomic E-state index is 8.65. The lowest BCUT2D eigenvalue weighted by molar-refractivity contribution is 0.282. The summed E-state index contributed by atoms with van der Waals surface area (Å²) in [6, 6.07) is 15.2. The summed E-state index contributed by atoms with van der Waals surface area (Å²) < 4.78 is 4.97. The highest BCUT2D eigenvalue weighted by Crippen LogP contribution is 2.11. The Hall–Kier alpha value is -2.13. The van der Waals surface area contributed by atoms with Gasteiger partial charge in [0.1, 0.15) is 5.75 Å². The van der Waals surface area contributed by atoms with E-state index in [1.807, 2.05) is 62.4 Å². The Kier molecular flexibility index (Phi) is 10.5. The number of hydrogen-bond donors (Lipinski definition) is 1. The molecule has 21 heavy (non-hydrogen) atoms. The summed E-state index contributed by atoms with van der Waals surface area (Å²) in [7, 11) is 1.67. The van der Waals surface area contributed by atoms with Gasteiger partial charge in [-0.2, -0.15) is 0 Å². The van der Waals surface area contributed by atoms with Crippen molar-refractivity contribution >= 4 is 12.4 Å². The summed E-state index contributed by atoms with van der Waals surface area (Å²) in [5.74, 6) is 0.917. The van der Waals surface area contributed by atoms with Gasteiger partial charge in [-0.1, -0.05) is 43.7 Å². The van der Waals surface area contributed by atoms with Crippen LogP contribution in [0.2, 0.25) is 0 Å². The molecule has 0 bridgehead atoms. The predicted molar refractivity (Wildman–Crippen MR) is 90.7 cm³/mol. The monoisotopic (exact) mass is 287 g/mol. The third kappa shape index (κ3) is 7.90. The fraction of sp³-hybridized carbons (Fsp3) is 0.278. The molecule has 0 amide bonds. The lowest BCUT2D eigenvalue weighted by Gasteiger charge is -1.97.